The van der Waals surface area contributed by atoms with Crippen LogP contribution >= 0.6 is 35.6 Å². The normalized spacial score (nSPS) is 15.5. The van der Waals surface area contributed by atoms with E-state index in [1.54, 1.807) is 12.1 Å². The topological polar surface area (TPSA) is 52.6 Å². The van der Waals surface area contributed by atoms with Gasteiger partial charge in [0.25, 0.3) is 0 Å². The second-order valence-electron chi connectivity index (χ2n) is 7.23. The van der Waals surface area contributed by atoms with Gasteiger partial charge in [-0.25, -0.2) is 4.39 Å². The first kappa shape index (κ1) is 24.8. The van der Waals surface area contributed by atoms with Gasteiger partial charge in [0.15, 0.2) is 5.96 Å². The van der Waals surface area contributed by atoms with E-state index in [4.69, 9.17) is 11.6 Å². The SMILES string of the molecule is CCNC(=NCCc1c(F)cccc1Cl)NC1CCN(Cc2ccccn2)CC1.I. The lowest BCUT2D eigenvalue weighted by molar-refractivity contribution is 0.196. The molecular formula is C22H30ClFIN5. The second-order valence-corrected chi connectivity index (χ2v) is 7.63. The van der Waals surface area contributed by atoms with Crippen LogP contribution in [0.15, 0.2) is 47.6 Å². The molecule has 1 saturated heterocycles. The molecule has 8 heteroatoms. The van der Waals surface area contributed by atoms with E-state index in [1.807, 2.05) is 25.3 Å². The van der Waals surface area contributed by atoms with Crippen molar-refractivity contribution >= 4 is 41.5 Å². The number of halogens is 3. The zero-order chi connectivity index (χ0) is 20.5. The maximum atomic E-state index is 13.9. The first-order chi connectivity index (χ1) is 14.2. The summed E-state index contributed by atoms with van der Waals surface area (Å²) in [6.07, 6.45) is 4.43. The third-order valence-electron chi connectivity index (χ3n) is 5.08. The Morgan fingerprint density at radius 2 is 2.03 bits per heavy atom. The molecule has 2 aromatic rings. The van der Waals surface area contributed by atoms with Gasteiger partial charge in [0.1, 0.15) is 5.82 Å². The second kappa shape index (κ2) is 13.1. The van der Waals surface area contributed by atoms with Gasteiger partial charge in [0.05, 0.1) is 5.69 Å². The lowest BCUT2D eigenvalue weighted by Crippen LogP contribution is -2.48. The van der Waals surface area contributed by atoms with Crippen molar-refractivity contribution < 1.29 is 4.39 Å². The molecule has 1 aromatic heterocycles. The maximum Gasteiger partial charge on any atom is 0.191 e. The van der Waals surface area contributed by atoms with Crippen molar-refractivity contribution in [2.45, 2.75) is 38.8 Å². The molecular weight excluding hydrogens is 516 g/mol. The summed E-state index contributed by atoms with van der Waals surface area (Å²) < 4.78 is 13.9. The van der Waals surface area contributed by atoms with Gasteiger partial charge >= 0.3 is 0 Å². The third kappa shape index (κ3) is 7.67. The minimum atomic E-state index is -0.272. The molecule has 0 radical (unpaired) electrons. The van der Waals surface area contributed by atoms with E-state index in [-0.39, 0.29) is 29.8 Å². The molecule has 1 aromatic carbocycles. The highest BCUT2D eigenvalue weighted by atomic mass is 127. The Morgan fingerprint density at radius 1 is 1.23 bits per heavy atom. The van der Waals surface area contributed by atoms with Crippen molar-refractivity contribution in [3.05, 3.63) is 64.7 Å². The number of nitrogens with zero attached hydrogens (tertiary/aromatic N) is 3. The maximum absolute atomic E-state index is 13.9. The smallest absolute Gasteiger partial charge is 0.191 e. The van der Waals surface area contributed by atoms with Gasteiger partial charge in [0, 0.05) is 55.5 Å². The lowest BCUT2D eigenvalue weighted by Gasteiger charge is -2.32. The van der Waals surface area contributed by atoms with Crippen LogP contribution in [0.25, 0.3) is 0 Å². The number of likely N-dealkylation sites (tertiary alicyclic amines) is 1. The summed E-state index contributed by atoms with van der Waals surface area (Å²) in [5.41, 5.74) is 1.64. The predicted octanol–water partition coefficient (Wildman–Crippen LogP) is 4.25. The number of rotatable bonds is 7. The van der Waals surface area contributed by atoms with Crippen LogP contribution in [-0.4, -0.2) is 48.1 Å². The van der Waals surface area contributed by atoms with Crippen molar-refractivity contribution in [1.82, 2.24) is 20.5 Å². The number of hydrogen-bond acceptors (Lipinski definition) is 3. The van der Waals surface area contributed by atoms with Gasteiger partial charge in [-0.1, -0.05) is 23.7 Å². The Labute approximate surface area is 200 Å². The van der Waals surface area contributed by atoms with Crippen LogP contribution in [0.3, 0.4) is 0 Å². The molecule has 1 aliphatic heterocycles. The van der Waals surface area contributed by atoms with E-state index in [9.17, 15) is 4.39 Å². The highest BCUT2D eigenvalue weighted by Crippen LogP contribution is 2.19. The fourth-order valence-electron chi connectivity index (χ4n) is 3.52. The summed E-state index contributed by atoms with van der Waals surface area (Å²) in [6.45, 7) is 6.25. The van der Waals surface area contributed by atoms with E-state index in [0.717, 1.165) is 50.7 Å². The summed E-state index contributed by atoms with van der Waals surface area (Å²) >= 11 is 6.10. The highest BCUT2D eigenvalue weighted by molar-refractivity contribution is 14.0. The van der Waals surface area contributed by atoms with Crippen molar-refractivity contribution in [2.24, 2.45) is 4.99 Å². The Morgan fingerprint density at radius 3 is 2.70 bits per heavy atom. The molecule has 0 amide bonds. The van der Waals surface area contributed by atoms with Gasteiger partial charge in [-0.2, -0.15) is 0 Å². The average Bonchev–Trinajstić information content (AvgIpc) is 2.72. The Kier molecular flexibility index (Phi) is 10.8. The van der Waals surface area contributed by atoms with Crippen LogP contribution in [0.1, 0.15) is 31.0 Å². The molecule has 5 nitrogen and oxygen atoms in total. The Bertz CT molecular complexity index is 777. The first-order valence-electron chi connectivity index (χ1n) is 10.3. The molecule has 3 rings (SSSR count). The molecule has 0 spiro atoms. The number of hydrogen-bond donors (Lipinski definition) is 2. The van der Waals surface area contributed by atoms with E-state index in [2.05, 4.69) is 31.6 Å². The van der Waals surface area contributed by atoms with Gasteiger partial charge < -0.3 is 10.6 Å². The molecule has 0 aliphatic carbocycles. The van der Waals surface area contributed by atoms with Crippen molar-refractivity contribution in [2.75, 3.05) is 26.2 Å². The summed E-state index contributed by atoms with van der Waals surface area (Å²) in [7, 11) is 0. The molecule has 0 bridgehead atoms. The van der Waals surface area contributed by atoms with Gasteiger partial charge in [-0.15, -0.1) is 24.0 Å². The number of piperidine rings is 1. The van der Waals surface area contributed by atoms with Crippen molar-refractivity contribution in [3.63, 3.8) is 0 Å². The fourth-order valence-corrected chi connectivity index (χ4v) is 3.78. The lowest BCUT2D eigenvalue weighted by atomic mass is 10.0. The molecule has 0 saturated carbocycles. The van der Waals surface area contributed by atoms with Crippen LogP contribution in [0, 0.1) is 5.82 Å². The monoisotopic (exact) mass is 545 g/mol. The Hall–Kier alpha value is -1.45. The number of aromatic nitrogens is 1. The predicted molar refractivity (Wildman–Crippen MR) is 132 cm³/mol. The zero-order valence-electron chi connectivity index (χ0n) is 17.3. The number of nitrogens with one attached hydrogen (secondary N) is 2. The summed E-state index contributed by atoms with van der Waals surface area (Å²) in [5.74, 6) is 0.508. The van der Waals surface area contributed by atoms with E-state index < -0.39 is 0 Å². The number of guanidine groups is 1. The van der Waals surface area contributed by atoms with Crippen LogP contribution in [0.2, 0.25) is 5.02 Å². The average molecular weight is 546 g/mol. The molecule has 1 aliphatic rings. The zero-order valence-corrected chi connectivity index (χ0v) is 20.4. The summed E-state index contributed by atoms with van der Waals surface area (Å²) in [4.78, 5) is 11.5. The van der Waals surface area contributed by atoms with E-state index >= 15 is 0 Å². The molecule has 164 valence electrons. The number of benzene rings is 1. The molecule has 0 unspecified atom stereocenters. The standard InChI is InChI=1S/C22H29ClFN5.HI/c1-2-25-22(27-13-9-19-20(23)7-5-8-21(19)24)28-17-10-14-29(15-11-17)16-18-6-3-4-12-26-18;/h3-8,12,17H,2,9-11,13-16H2,1H3,(H2,25,27,28);1H. The quantitative estimate of drug-likeness (QED) is 0.310. The molecule has 30 heavy (non-hydrogen) atoms. The van der Waals surface area contributed by atoms with Gasteiger partial charge in [0.2, 0.25) is 0 Å². The van der Waals surface area contributed by atoms with Crippen LogP contribution < -0.4 is 10.6 Å². The van der Waals surface area contributed by atoms with Crippen LogP contribution in [0.5, 0.6) is 0 Å². The molecule has 2 N–H and O–H groups in total. The minimum absolute atomic E-state index is 0. The van der Waals surface area contributed by atoms with Gasteiger partial charge in [-0.05, 0) is 50.5 Å². The first-order valence-corrected chi connectivity index (χ1v) is 10.6. The van der Waals surface area contributed by atoms with E-state index in [1.165, 1.54) is 6.07 Å². The van der Waals surface area contributed by atoms with Crippen molar-refractivity contribution in [3.8, 4) is 0 Å². The Balaban J connectivity index is 0.00000320. The van der Waals surface area contributed by atoms with E-state index in [0.29, 0.717) is 29.6 Å². The van der Waals surface area contributed by atoms with Crippen LogP contribution in [0.4, 0.5) is 4.39 Å². The highest BCUT2D eigenvalue weighted by Gasteiger charge is 2.20. The number of pyridine rings is 1. The largest absolute Gasteiger partial charge is 0.357 e. The molecule has 0 atom stereocenters. The number of aliphatic imine (C=N–C) groups is 1. The minimum Gasteiger partial charge on any atom is -0.357 e. The van der Waals surface area contributed by atoms with Crippen LogP contribution in [-0.2, 0) is 13.0 Å². The third-order valence-corrected chi connectivity index (χ3v) is 5.43. The van der Waals surface area contributed by atoms with Crippen molar-refractivity contribution in [1.29, 1.82) is 0 Å². The summed E-state index contributed by atoms with van der Waals surface area (Å²) in [6, 6.07) is 11.2. The molecule has 2 heterocycles. The summed E-state index contributed by atoms with van der Waals surface area (Å²) in [5, 5.41) is 7.27. The van der Waals surface area contributed by atoms with Gasteiger partial charge in [-0.3, -0.25) is 14.9 Å². The molecule has 1 fully saturated rings. The fraction of sp³-hybridized carbons (Fsp3) is 0.455.